The van der Waals surface area contributed by atoms with Crippen molar-refractivity contribution in [3.05, 3.63) is 0 Å². The number of piperidine rings is 1. The Balaban J connectivity index is 2.58. The lowest BCUT2D eigenvalue weighted by atomic mass is 9.85. The maximum absolute atomic E-state index is 13.4. The summed E-state index contributed by atoms with van der Waals surface area (Å²) in [7, 11) is 0. The minimum absolute atomic E-state index is 0.0466. The molecule has 1 aliphatic heterocycles. The SMILES string of the molecule is CCOC(=O)N1CCC(O)(C(F)(F)CN)CC1. The number of carbonyl (C=O) groups excluding carboxylic acids is 1. The van der Waals surface area contributed by atoms with Crippen molar-refractivity contribution >= 4 is 6.09 Å². The van der Waals surface area contributed by atoms with Gasteiger partial charge in [0, 0.05) is 13.1 Å². The standard InChI is InChI=1S/C10H18F2N2O3/c1-2-17-8(15)14-5-3-9(16,4-6-14)10(11,12)7-13/h16H,2-7,13H2,1H3. The van der Waals surface area contributed by atoms with Crippen LogP contribution in [0.4, 0.5) is 13.6 Å². The Morgan fingerprint density at radius 2 is 2.06 bits per heavy atom. The van der Waals surface area contributed by atoms with Crippen molar-refractivity contribution in [2.24, 2.45) is 5.73 Å². The van der Waals surface area contributed by atoms with Crippen molar-refractivity contribution in [1.29, 1.82) is 0 Å². The van der Waals surface area contributed by atoms with Crippen molar-refractivity contribution in [3.63, 3.8) is 0 Å². The van der Waals surface area contributed by atoms with E-state index in [2.05, 4.69) is 0 Å². The molecule has 100 valence electrons. The summed E-state index contributed by atoms with van der Waals surface area (Å²) in [5.74, 6) is -3.33. The monoisotopic (exact) mass is 252 g/mol. The third-order valence-electron chi connectivity index (χ3n) is 3.05. The van der Waals surface area contributed by atoms with Crippen molar-refractivity contribution in [2.45, 2.75) is 31.3 Å². The number of hydrogen-bond donors (Lipinski definition) is 2. The van der Waals surface area contributed by atoms with Gasteiger partial charge in [-0.3, -0.25) is 0 Å². The van der Waals surface area contributed by atoms with Crippen molar-refractivity contribution < 1.29 is 23.4 Å². The fourth-order valence-corrected chi connectivity index (χ4v) is 1.83. The summed E-state index contributed by atoms with van der Waals surface area (Å²) in [4.78, 5) is 12.6. The molecule has 1 fully saturated rings. The molecule has 0 bridgehead atoms. The third kappa shape index (κ3) is 2.84. The van der Waals surface area contributed by atoms with Crippen LogP contribution in [0.15, 0.2) is 0 Å². The van der Waals surface area contributed by atoms with Crippen molar-refractivity contribution in [1.82, 2.24) is 4.90 Å². The molecule has 0 aromatic heterocycles. The molecular weight excluding hydrogens is 234 g/mol. The Morgan fingerprint density at radius 1 is 1.53 bits per heavy atom. The molecule has 0 aliphatic carbocycles. The average Bonchev–Trinajstić information content (AvgIpc) is 2.30. The first-order valence-corrected chi connectivity index (χ1v) is 5.58. The number of amides is 1. The zero-order valence-electron chi connectivity index (χ0n) is 9.79. The Kier molecular flexibility index (Phi) is 4.26. The molecule has 0 saturated carbocycles. The lowest BCUT2D eigenvalue weighted by Gasteiger charge is -2.41. The Morgan fingerprint density at radius 3 is 2.47 bits per heavy atom. The second-order valence-corrected chi connectivity index (χ2v) is 4.13. The highest BCUT2D eigenvalue weighted by Gasteiger charge is 2.53. The first-order chi connectivity index (χ1) is 7.86. The third-order valence-corrected chi connectivity index (χ3v) is 3.05. The summed E-state index contributed by atoms with van der Waals surface area (Å²) in [6.07, 6.45) is -0.933. The van der Waals surface area contributed by atoms with Crippen LogP contribution in [0, 0.1) is 0 Å². The molecule has 1 rings (SSSR count). The number of alkyl halides is 2. The minimum atomic E-state index is -3.33. The highest BCUT2D eigenvalue weighted by atomic mass is 19.3. The number of hydrogen-bond acceptors (Lipinski definition) is 4. The van der Waals surface area contributed by atoms with E-state index in [9.17, 15) is 18.7 Å². The molecule has 5 nitrogen and oxygen atoms in total. The quantitative estimate of drug-likeness (QED) is 0.769. The number of likely N-dealkylation sites (tertiary alicyclic amines) is 1. The lowest BCUT2D eigenvalue weighted by Crippen LogP contribution is -2.58. The van der Waals surface area contributed by atoms with Gasteiger partial charge < -0.3 is 20.5 Å². The van der Waals surface area contributed by atoms with Gasteiger partial charge in [0.05, 0.1) is 13.2 Å². The highest BCUT2D eigenvalue weighted by Crippen LogP contribution is 2.36. The summed E-state index contributed by atoms with van der Waals surface area (Å²) in [5, 5.41) is 9.82. The minimum Gasteiger partial charge on any atom is -0.450 e. The smallest absolute Gasteiger partial charge is 0.409 e. The molecule has 0 aromatic rings. The molecule has 0 aromatic carbocycles. The summed E-state index contributed by atoms with van der Waals surface area (Å²) < 4.78 is 31.5. The lowest BCUT2D eigenvalue weighted by molar-refractivity contribution is -0.193. The molecule has 7 heteroatoms. The summed E-state index contributed by atoms with van der Waals surface area (Å²) >= 11 is 0. The van der Waals surface area contributed by atoms with Crippen molar-refractivity contribution in [3.8, 4) is 0 Å². The Bertz CT molecular complexity index is 279. The molecule has 3 N–H and O–H groups in total. The van der Waals surface area contributed by atoms with Crippen LogP contribution in [-0.4, -0.2) is 53.9 Å². The van der Waals surface area contributed by atoms with Gasteiger partial charge in [-0.2, -0.15) is 0 Å². The number of nitrogens with two attached hydrogens (primary N) is 1. The van der Waals surface area contributed by atoms with Gasteiger partial charge in [-0.05, 0) is 19.8 Å². The van der Waals surface area contributed by atoms with E-state index < -0.39 is 24.2 Å². The zero-order chi connectivity index (χ0) is 13.1. The maximum atomic E-state index is 13.4. The second-order valence-electron chi connectivity index (χ2n) is 4.13. The molecular formula is C10H18F2N2O3. The van der Waals surface area contributed by atoms with E-state index in [1.54, 1.807) is 6.92 Å². The van der Waals surface area contributed by atoms with Crippen LogP contribution in [0.5, 0.6) is 0 Å². The van der Waals surface area contributed by atoms with E-state index in [1.807, 2.05) is 0 Å². The highest BCUT2D eigenvalue weighted by molar-refractivity contribution is 5.67. The number of ether oxygens (including phenoxy) is 1. The van der Waals surface area contributed by atoms with Crippen LogP contribution in [0.3, 0.4) is 0 Å². The normalized spacial score (nSPS) is 20.2. The Labute approximate surface area is 98.5 Å². The number of carbonyl (C=O) groups is 1. The van der Waals surface area contributed by atoms with Gasteiger partial charge in [0.25, 0.3) is 5.92 Å². The molecule has 0 spiro atoms. The van der Waals surface area contributed by atoms with E-state index in [0.717, 1.165) is 0 Å². The molecule has 0 atom stereocenters. The summed E-state index contributed by atoms with van der Waals surface area (Å²) in [6.45, 7) is 1.10. The van der Waals surface area contributed by atoms with Gasteiger partial charge in [0.15, 0.2) is 0 Å². The zero-order valence-corrected chi connectivity index (χ0v) is 9.79. The Hall–Kier alpha value is -0.950. The van der Waals surface area contributed by atoms with Crippen LogP contribution in [0.25, 0.3) is 0 Å². The van der Waals surface area contributed by atoms with Crippen molar-refractivity contribution in [2.75, 3.05) is 26.2 Å². The van der Waals surface area contributed by atoms with Crippen LogP contribution in [0.1, 0.15) is 19.8 Å². The van der Waals surface area contributed by atoms with Gasteiger partial charge in [-0.25, -0.2) is 13.6 Å². The van der Waals surface area contributed by atoms with Gasteiger partial charge in [-0.15, -0.1) is 0 Å². The molecule has 1 amide bonds. The molecule has 0 unspecified atom stereocenters. The summed E-state index contributed by atoms with van der Waals surface area (Å²) in [6, 6.07) is 0. The first-order valence-electron chi connectivity index (χ1n) is 5.58. The van der Waals surface area contributed by atoms with Crippen LogP contribution < -0.4 is 5.73 Å². The predicted molar refractivity (Wildman–Crippen MR) is 56.8 cm³/mol. The van der Waals surface area contributed by atoms with E-state index in [-0.39, 0.29) is 32.5 Å². The van der Waals surface area contributed by atoms with Crippen LogP contribution in [-0.2, 0) is 4.74 Å². The second kappa shape index (κ2) is 5.14. The number of halogens is 2. The fraction of sp³-hybridized carbons (Fsp3) is 0.900. The molecule has 1 heterocycles. The number of nitrogens with zero attached hydrogens (tertiary/aromatic N) is 1. The van der Waals surface area contributed by atoms with Crippen LogP contribution in [0.2, 0.25) is 0 Å². The van der Waals surface area contributed by atoms with Gasteiger partial charge >= 0.3 is 6.09 Å². The van der Waals surface area contributed by atoms with Gasteiger partial charge in [0.1, 0.15) is 5.60 Å². The van der Waals surface area contributed by atoms with E-state index >= 15 is 0 Å². The fourth-order valence-electron chi connectivity index (χ4n) is 1.83. The van der Waals surface area contributed by atoms with E-state index in [4.69, 9.17) is 10.5 Å². The topological polar surface area (TPSA) is 75.8 Å². The first kappa shape index (κ1) is 14.1. The molecule has 17 heavy (non-hydrogen) atoms. The average molecular weight is 252 g/mol. The van der Waals surface area contributed by atoms with E-state index in [1.165, 1.54) is 4.90 Å². The predicted octanol–water partition coefficient (Wildman–Crippen LogP) is 0.564. The number of aliphatic hydroxyl groups is 1. The molecule has 1 saturated heterocycles. The van der Waals surface area contributed by atoms with Gasteiger partial charge in [0.2, 0.25) is 0 Å². The summed E-state index contributed by atoms with van der Waals surface area (Å²) in [5.41, 5.74) is 2.83. The van der Waals surface area contributed by atoms with Crippen LogP contribution >= 0.6 is 0 Å². The van der Waals surface area contributed by atoms with E-state index in [0.29, 0.717) is 0 Å². The molecule has 0 radical (unpaired) electrons. The van der Waals surface area contributed by atoms with Gasteiger partial charge in [-0.1, -0.05) is 0 Å². The largest absolute Gasteiger partial charge is 0.450 e. The molecule has 1 aliphatic rings. The maximum Gasteiger partial charge on any atom is 0.409 e. The number of rotatable bonds is 3.